The Morgan fingerprint density at radius 1 is 1.28 bits per heavy atom. The molecule has 0 aliphatic carbocycles. The van der Waals surface area contributed by atoms with Crippen molar-refractivity contribution in [3.63, 3.8) is 0 Å². The normalized spacial score (nSPS) is 10.7. The third kappa shape index (κ3) is 5.87. The minimum Gasteiger partial charge on any atom is -0.488 e. The highest BCUT2D eigenvalue weighted by Gasteiger charge is 2.05. The van der Waals surface area contributed by atoms with E-state index in [0.717, 1.165) is 25.1 Å². The Balaban J connectivity index is 2.32. The molecule has 18 heavy (non-hydrogen) atoms. The van der Waals surface area contributed by atoms with Gasteiger partial charge >= 0.3 is 0 Å². The smallest absolute Gasteiger partial charge is 0.256 e. The fourth-order valence-corrected chi connectivity index (χ4v) is 1.44. The summed E-state index contributed by atoms with van der Waals surface area (Å²) in [6.07, 6.45) is 3.66. The quantitative estimate of drug-likeness (QED) is 0.686. The first-order valence-electron chi connectivity index (χ1n) is 6.68. The van der Waals surface area contributed by atoms with E-state index < -0.39 is 0 Å². The lowest BCUT2D eigenvalue weighted by Crippen LogP contribution is -2.24. The van der Waals surface area contributed by atoms with Crippen molar-refractivity contribution < 1.29 is 9.47 Å². The molecular formula is C14H24N2O2. The molecule has 1 heterocycles. The molecule has 0 unspecified atom stereocenters. The number of nitrogens with zero attached hydrogens (tertiary/aromatic N) is 1. The van der Waals surface area contributed by atoms with Gasteiger partial charge in [-0.15, -0.1) is 0 Å². The zero-order valence-electron chi connectivity index (χ0n) is 11.6. The minimum absolute atomic E-state index is 0.517. The second-order valence-electron chi connectivity index (χ2n) is 4.47. The van der Waals surface area contributed by atoms with E-state index in [1.54, 1.807) is 6.20 Å². The number of rotatable bonds is 9. The first-order chi connectivity index (χ1) is 8.74. The van der Waals surface area contributed by atoms with Crippen molar-refractivity contribution in [2.24, 2.45) is 0 Å². The molecule has 0 amide bonds. The molecule has 102 valence electrons. The van der Waals surface area contributed by atoms with Crippen LogP contribution in [0, 0.1) is 0 Å². The lowest BCUT2D eigenvalue weighted by atomic mass is 10.3. The summed E-state index contributed by atoms with van der Waals surface area (Å²) in [5.74, 6) is 1.33. The van der Waals surface area contributed by atoms with E-state index in [4.69, 9.17) is 9.47 Å². The van der Waals surface area contributed by atoms with Gasteiger partial charge in [-0.3, -0.25) is 0 Å². The van der Waals surface area contributed by atoms with Gasteiger partial charge in [-0.2, -0.15) is 0 Å². The molecule has 1 rings (SSSR count). The van der Waals surface area contributed by atoms with E-state index in [-0.39, 0.29) is 0 Å². The van der Waals surface area contributed by atoms with Crippen LogP contribution in [0.2, 0.25) is 0 Å². The van der Waals surface area contributed by atoms with Crippen molar-refractivity contribution in [2.75, 3.05) is 19.8 Å². The lowest BCUT2D eigenvalue weighted by molar-refractivity contribution is 0.255. The second kappa shape index (κ2) is 8.75. The van der Waals surface area contributed by atoms with Crippen LogP contribution in [0.25, 0.3) is 0 Å². The van der Waals surface area contributed by atoms with E-state index in [0.29, 0.717) is 25.1 Å². The van der Waals surface area contributed by atoms with Crippen LogP contribution in [0.4, 0.5) is 0 Å². The summed E-state index contributed by atoms with van der Waals surface area (Å²) < 4.78 is 11.2. The van der Waals surface area contributed by atoms with Gasteiger partial charge in [-0.25, -0.2) is 4.98 Å². The summed E-state index contributed by atoms with van der Waals surface area (Å²) in [4.78, 5) is 4.20. The molecule has 0 aliphatic rings. The van der Waals surface area contributed by atoms with Crippen LogP contribution >= 0.6 is 0 Å². The lowest BCUT2D eigenvalue weighted by Gasteiger charge is -2.11. The third-order valence-corrected chi connectivity index (χ3v) is 2.31. The molecule has 0 aliphatic heterocycles. The van der Waals surface area contributed by atoms with Gasteiger partial charge in [0.25, 0.3) is 5.88 Å². The second-order valence-corrected chi connectivity index (χ2v) is 4.47. The van der Waals surface area contributed by atoms with Crippen LogP contribution in [0.5, 0.6) is 11.6 Å². The Kier molecular flexibility index (Phi) is 7.18. The molecule has 1 N–H and O–H groups in total. The van der Waals surface area contributed by atoms with Crippen molar-refractivity contribution in [3.05, 3.63) is 18.3 Å². The summed E-state index contributed by atoms with van der Waals surface area (Å²) >= 11 is 0. The fourth-order valence-electron chi connectivity index (χ4n) is 1.44. The zero-order valence-corrected chi connectivity index (χ0v) is 11.6. The maximum Gasteiger partial charge on any atom is 0.256 e. The summed E-state index contributed by atoms with van der Waals surface area (Å²) in [7, 11) is 0. The fraction of sp³-hybridized carbons (Fsp3) is 0.643. The molecular weight excluding hydrogens is 228 g/mol. The molecule has 0 saturated carbocycles. The molecule has 0 saturated heterocycles. The van der Waals surface area contributed by atoms with Gasteiger partial charge in [-0.05, 0) is 31.5 Å². The first kappa shape index (κ1) is 14.8. The van der Waals surface area contributed by atoms with Gasteiger partial charge in [-0.1, -0.05) is 20.8 Å². The predicted molar refractivity (Wildman–Crippen MR) is 73.3 cm³/mol. The zero-order chi connectivity index (χ0) is 13.2. The Bertz CT molecular complexity index is 329. The van der Waals surface area contributed by atoms with Gasteiger partial charge in [0.2, 0.25) is 0 Å². The molecule has 0 radical (unpaired) electrons. The highest BCUT2D eigenvalue weighted by molar-refractivity contribution is 5.32. The van der Waals surface area contributed by atoms with E-state index >= 15 is 0 Å². The van der Waals surface area contributed by atoms with Crippen molar-refractivity contribution >= 4 is 0 Å². The summed E-state index contributed by atoms with van der Waals surface area (Å²) in [5, 5.41) is 3.35. The van der Waals surface area contributed by atoms with Gasteiger partial charge in [0.05, 0.1) is 13.2 Å². The molecule has 0 bridgehead atoms. The number of ether oxygens (including phenoxy) is 2. The SMILES string of the molecule is CCCOc1cccnc1OCCCNC(C)C. The Morgan fingerprint density at radius 2 is 2.11 bits per heavy atom. The van der Waals surface area contributed by atoms with Gasteiger partial charge in [0.1, 0.15) is 0 Å². The monoisotopic (exact) mass is 252 g/mol. The van der Waals surface area contributed by atoms with E-state index in [1.807, 2.05) is 12.1 Å². The van der Waals surface area contributed by atoms with Crippen LogP contribution in [-0.2, 0) is 0 Å². The van der Waals surface area contributed by atoms with Crippen molar-refractivity contribution in [1.29, 1.82) is 0 Å². The van der Waals surface area contributed by atoms with Crippen LogP contribution in [-0.4, -0.2) is 30.8 Å². The highest BCUT2D eigenvalue weighted by Crippen LogP contribution is 2.23. The summed E-state index contributed by atoms with van der Waals surface area (Å²) in [6, 6.07) is 4.27. The number of pyridine rings is 1. The largest absolute Gasteiger partial charge is 0.488 e. The number of hydrogen-bond donors (Lipinski definition) is 1. The van der Waals surface area contributed by atoms with Crippen molar-refractivity contribution in [3.8, 4) is 11.6 Å². The number of nitrogens with one attached hydrogen (secondary N) is 1. The van der Waals surface area contributed by atoms with E-state index in [1.165, 1.54) is 0 Å². The average molecular weight is 252 g/mol. The minimum atomic E-state index is 0.517. The van der Waals surface area contributed by atoms with E-state index in [2.05, 4.69) is 31.1 Å². The van der Waals surface area contributed by atoms with Crippen LogP contribution in [0.3, 0.4) is 0 Å². The molecule has 0 fully saturated rings. The Morgan fingerprint density at radius 3 is 2.83 bits per heavy atom. The van der Waals surface area contributed by atoms with Crippen LogP contribution in [0.15, 0.2) is 18.3 Å². The molecule has 1 aromatic rings. The molecule has 1 aromatic heterocycles. The average Bonchev–Trinajstić information content (AvgIpc) is 2.36. The van der Waals surface area contributed by atoms with E-state index in [9.17, 15) is 0 Å². The Hall–Kier alpha value is -1.29. The molecule has 4 nitrogen and oxygen atoms in total. The van der Waals surface area contributed by atoms with Gasteiger partial charge in [0.15, 0.2) is 5.75 Å². The standard InChI is InChI=1S/C14H24N2O2/c1-4-10-17-13-7-5-8-16-14(13)18-11-6-9-15-12(2)3/h5,7-8,12,15H,4,6,9-11H2,1-3H3. The van der Waals surface area contributed by atoms with Crippen LogP contribution < -0.4 is 14.8 Å². The molecule has 0 atom stereocenters. The number of aromatic nitrogens is 1. The summed E-state index contributed by atoms with van der Waals surface area (Å²) in [5.41, 5.74) is 0. The number of hydrogen-bond acceptors (Lipinski definition) is 4. The van der Waals surface area contributed by atoms with Gasteiger partial charge < -0.3 is 14.8 Å². The third-order valence-electron chi connectivity index (χ3n) is 2.31. The molecule has 0 spiro atoms. The Labute approximate surface area is 110 Å². The predicted octanol–water partition coefficient (Wildman–Crippen LogP) is 2.64. The van der Waals surface area contributed by atoms with Crippen molar-refractivity contribution in [2.45, 2.75) is 39.7 Å². The van der Waals surface area contributed by atoms with Gasteiger partial charge in [0, 0.05) is 12.2 Å². The van der Waals surface area contributed by atoms with Crippen LogP contribution in [0.1, 0.15) is 33.6 Å². The maximum atomic E-state index is 5.64. The molecule has 4 heteroatoms. The highest BCUT2D eigenvalue weighted by atomic mass is 16.5. The van der Waals surface area contributed by atoms with Crippen molar-refractivity contribution in [1.82, 2.24) is 10.3 Å². The topological polar surface area (TPSA) is 43.4 Å². The first-order valence-corrected chi connectivity index (χ1v) is 6.68. The maximum absolute atomic E-state index is 5.64. The summed E-state index contributed by atoms with van der Waals surface area (Å²) in [6.45, 7) is 8.65. The molecule has 0 aromatic carbocycles.